The molecule has 0 aromatic heterocycles. The van der Waals surface area contributed by atoms with Gasteiger partial charge in [-0.2, -0.15) is 26.3 Å². The van der Waals surface area contributed by atoms with Gasteiger partial charge in [0, 0.05) is 12.8 Å². The zero-order valence-corrected chi connectivity index (χ0v) is 18.5. The van der Waals surface area contributed by atoms with Crippen molar-refractivity contribution >= 4 is 20.2 Å². The minimum atomic E-state index is -6.14. The third-order valence-corrected chi connectivity index (χ3v) is 6.59. The van der Waals surface area contributed by atoms with Gasteiger partial charge in [0.1, 0.15) is 20.2 Å². The van der Waals surface area contributed by atoms with Crippen LogP contribution in [0.1, 0.15) is 22.3 Å². The van der Waals surface area contributed by atoms with Crippen molar-refractivity contribution < 1.29 is 52.3 Å². The lowest BCUT2D eigenvalue weighted by molar-refractivity contribution is -0.307. The molecule has 0 saturated carbocycles. The number of alkyl halides is 6. The van der Waals surface area contributed by atoms with Crippen LogP contribution in [0.15, 0.2) is 46.2 Å². The van der Waals surface area contributed by atoms with Gasteiger partial charge in [-0.15, -0.1) is 0 Å². The van der Waals surface area contributed by atoms with Gasteiger partial charge in [0.15, 0.2) is 0 Å². The van der Waals surface area contributed by atoms with Crippen molar-refractivity contribution in [2.45, 2.75) is 54.2 Å². The van der Waals surface area contributed by atoms with Crippen LogP contribution in [0, 0.1) is 13.8 Å². The monoisotopic (exact) mass is 518 g/mol. The third kappa shape index (κ3) is 5.67. The molecule has 0 N–H and O–H groups in total. The number of hydrogen-bond donors (Lipinski definition) is 0. The van der Waals surface area contributed by atoms with Gasteiger partial charge < -0.3 is 9.11 Å². The zero-order valence-electron chi connectivity index (χ0n) is 16.9. The Morgan fingerprint density at radius 3 is 1.24 bits per heavy atom. The summed E-state index contributed by atoms with van der Waals surface area (Å²) in [7, 11) is -10.8. The third-order valence-electron chi connectivity index (χ3n) is 4.71. The first-order chi connectivity index (χ1) is 14.7. The lowest BCUT2D eigenvalue weighted by Crippen LogP contribution is -2.56. The molecule has 0 heterocycles. The molecular formula is C19H16F6O6S2-2. The maximum absolute atomic E-state index is 14.5. The van der Waals surface area contributed by atoms with Crippen LogP contribution >= 0.6 is 0 Å². The van der Waals surface area contributed by atoms with Crippen LogP contribution in [0.3, 0.4) is 0 Å². The Morgan fingerprint density at radius 1 is 0.667 bits per heavy atom. The maximum Gasteiger partial charge on any atom is 0.372 e. The lowest BCUT2D eigenvalue weighted by Gasteiger charge is -2.34. The summed E-state index contributed by atoms with van der Waals surface area (Å²) in [4.78, 5) is -2.55. The van der Waals surface area contributed by atoms with Gasteiger partial charge in [-0.25, -0.2) is 16.8 Å². The van der Waals surface area contributed by atoms with E-state index in [1.54, 1.807) is 0 Å². The normalized spacial score (nSPS) is 13.9. The highest BCUT2D eigenvalue weighted by Gasteiger charge is 2.70. The second-order valence-corrected chi connectivity index (χ2v) is 10.2. The Balaban J connectivity index is 2.53. The fourth-order valence-electron chi connectivity index (χ4n) is 3.15. The number of aryl methyl sites for hydroxylation is 2. The summed E-state index contributed by atoms with van der Waals surface area (Å²) in [6.45, 7) is 2.52. The average molecular weight is 518 g/mol. The highest BCUT2D eigenvalue weighted by molar-refractivity contribution is 7.86. The van der Waals surface area contributed by atoms with Crippen molar-refractivity contribution in [3.05, 3.63) is 58.7 Å². The summed E-state index contributed by atoms with van der Waals surface area (Å²) in [5, 5.41) is 0. The summed E-state index contributed by atoms with van der Waals surface area (Å²) in [6, 6.07) is 4.60. The molecule has 184 valence electrons. The fourth-order valence-corrected chi connectivity index (χ4v) is 4.52. The minimum Gasteiger partial charge on any atom is -0.744 e. The Kier molecular flexibility index (Phi) is 7.03. The quantitative estimate of drug-likeness (QED) is 0.388. The van der Waals surface area contributed by atoms with Gasteiger partial charge in [0.2, 0.25) is 0 Å². The molecule has 0 atom stereocenters. The molecule has 0 amide bonds. The molecular weight excluding hydrogens is 502 g/mol. The van der Waals surface area contributed by atoms with Crippen LogP contribution in [0.2, 0.25) is 0 Å². The highest BCUT2D eigenvalue weighted by atomic mass is 32.2. The second-order valence-electron chi connectivity index (χ2n) is 7.47. The topological polar surface area (TPSA) is 114 Å². The molecule has 33 heavy (non-hydrogen) atoms. The number of rotatable bonds is 8. The SMILES string of the molecule is Cc1ccc(S(=O)(=O)[O-])c(CC(F)(F)C(F)(F)C(F)(F)Cc2cc(C)ccc2S(=O)(=O)[O-])c1. The van der Waals surface area contributed by atoms with Gasteiger partial charge in [0.05, 0.1) is 9.79 Å². The van der Waals surface area contributed by atoms with Gasteiger partial charge in [0.25, 0.3) is 0 Å². The molecule has 0 aliphatic carbocycles. The molecule has 0 saturated heterocycles. The van der Waals surface area contributed by atoms with Gasteiger partial charge in [-0.05, 0) is 37.1 Å². The Hall–Kier alpha value is -2.16. The smallest absolute Gasteiger partial charge is 0.372 e. The minimum absolute atomic E-state index is 0.0910. The van der Waals surface area contributed by atoms with E-state index in [2.05, 4.69) is 0 Å². The van der Waals surface area contributed by atoms with E-state index < -0.39 is 71.8 Å². The summed E-state index contributed by atoms with van der Waals surface area (Å²) in [5.41, 5.74) is -2.01. The van der Waals surface area contributed by atoms with Crippen molar-refractivity contribution in [2.24, 2.45) is 0 Å². The van der Waals surface area contributed by atoms with Crippen LogP contribution in [-0.4, -0.2) is 43.7 Å². The first-order valence-electron chi connectivity index (χ1n) is 8.93. The van der Waals surface area contributed by atoms with E-state index in [9.17, 15) is 52.3 Å². The first-order valence-corrected chi connectivity index (χ1v) is 11.7. The van der Waals surface area contributed by atoms with Crippen molar-refractivity contribution in [1.29, 1.82) is 0 Å². The van der Waals surface area contributed by atoms with Gasteiger partial charge >= 0.3 is 17.8 Å². The zero-order chi connectivity index (χ0) is 25.6. The van der Waals surface area contributed by atoms with Crippen LogP contribution in [0.4, 0.5) is 26.3 Å². The van der Waals surface area contributed by atoms with Crippen LogP contribution in [0.5, 0.6) is 0 Å². The highest BCUT2D eigenvalue weighted by Crippen LogP contribution is 2.49. The number of benzene rings is 2. The summed E-state index contributed by atoms with van der Waals surface area (Å²) < 4.78 is 155. The van der Waals surface area contributed by atoms with Crippen molar-refractivity contribution in [2.75, 3.05) is 0 Å². The molecule has 14 heteroatoms. The summed E-state index contributed by atoms with van der Waals surface area (Å²) in [6.07, 6.45) is -4.46. The van der Waals surface area contributed by atoms with Crippen LogP contribution in [0.25, 0.3) is 0 Å². The molecule has 0 aliphatic heterocycles. The molecule has 0 spiro atoms. The fraction of sp³-hybridized carbons (Fsp3) is 0.368. The van der Waals surface area contributed by atoms with E-state index in [0.29, 0.717) is 24.3 Å². The molecule has 2 rings (SSSR count). The van der Waals surface area contributed by atoms with Crippen molar-refractivity contribution in [3.8, 4) is 0 Å². The van der Waals surface area contributed by atoms with Gasteiger partial charge in [-0.3, -0.25) is 0 Å². The predicted molar refractivity (Wildman–Crippen MR) is 101 cm³/mol. The van der Waals surface area contributed by atoms with E-state index in [4.69, 9.17) is 0 Å². The number of hydrogen-bond acceptors (Lipinski definition) is 6. The maximum atomic E-state index is 14.5. The Morgan fingerprint density at radius 2 is 0.970 bits per heavy atom. The molecule has 2 aromatic rings. The Labute approximate surface area is 185 Å². The Bertz CT molecular complexity index is 1180. The molecule has 0 unspecified atom stereocenters. The number of halogens is 6. The average Bonchev–Trinajstić information content (AvgIpc) is 2.58. The largest absolute Gasteiger partial charge is 0.744 e. The van der Waals surface area contributed by atoms with E-state index in [0.717, 1.165) is 12.1 Å². The molecule has 0 fully saturated rings. The van der Waals surface area contributed by atoms with E-state index in [1.807, 2.05) is 0 Å². The molecule has 0 bridgehead atoms. The molecule has 6 nitrogen and oxygen atoms in total. The van der Waals surface area contributed by atoms with Crippen LogP contribution < -0.4 is 0 Å². The molecule has 0 radical (unpaired) electrons. The van der Waals surface area contributed by atoms with E-state index in [1.165, 1.54) is 13.8 Å². The molecule has 2 aromatic carbocycles. The second kappa shape index (κ2) is 8.56. The van der Waals surface area contributed by atoms with Crippen LogP contribution in [-0.2, 0) is 33.1 Å². The van der Waals surface area contributed by atoms with Crippen molar-refractivity contribution in [1.82, 2.24) is 0 Å². The lowest BCUT2D eigenvalue weighted by atomic mass is 9.92. The van der Waals surface area contributed by atoms with E-state index >= 15 is 0 Å². The van der Waals surface area contributed by atoms with Gasteiger partial charge in [-0.1, -0.05) is 35.4 Å². The molecule has 0 aliphatic rings. The first kappa shape index (κ1) is 27.1. The van der Waals surface area contributed by atoms with E-state index in [-0.39, 0.29) is 11.1 Å². The predicted octanol–water partition coefficient (Wildman–Crippen LogP) is 3.80. The van der Waals surface area contributed by atoms with Crippen molar-refractivity contribution in [3.63, 3.8) is 0 Å². The summed E-state index contributed by atoms with van der Waals surface area (Å²) in [5.74, 6) is -17.3. The standard InChI is InChI=1S/C19H18F6O6S2/c1-11-3-5-15(32(26,27)28)13(7-11)9-17(20,21)19(24,25)18(22,23)10-14-8-12(2)4-6-16(14)33(29,30)31/h3-8H,9-10H2,1-2H3,(H,26,27,28)(H,29,30,31)/p-2. The summed E-state index contributed by atoms with van der Waals surface area (Å²) >= 11 is 0.